The average Bonchev–Trinajstić information content (AvgIpc) is 4.01. The predicted molar refractivity (Wildman–Crippen MR) is 260 cm³/mol. The Morgan fingerprint density at radius 3 is 2.23 bits per heavy atom. The van der Waals surface area contributed by atoms with E-state index in [0.29, 0.717) is 87.5 Å². The van der Waals surface area contributed by atoms with E-state index in [-0.39, 0.29) is 29.9 Å². The van der Waals surface area contributed by atoms with Crippen molar-refractivity contribution in [2.24, 2.45) is 16.9 Å². The van der Waals surface area contributed by atoms with Crippen LogP contribution >= 0.6 is 11.8 Å². The number of hydrogen-bond donors (Lipinski definition) is 6. The molecule has 5 unspecified atom stereocenters. The second-order valence-electron chi connectivity index (χ2n) is 16.9. The van der Waals surface area contributed by atoms with Gasteiger partial charge in [0.25, 0.3) is 5.91 Å². The molecule has 0 saturated carbocycles. The van der Waals surface area contributed by atoms with E-state index in [4.69, 9.17) is 18.9 Å². The number of nitrogens with one attached hydrogen (secondary N) is 6. The van der Waals surface area contributed by atoms with Gasteiger partial charge in [0.2, 0.25) is 5.91 Å². The van der Waals surface area contributed by atoms with Crippen LogP contribution in [0.1, 0.15) is 120 Å². The summed E-state index contributed by atoms with van der Waals surface area (Å²) in [5, 5.41) is 19.5. The quantitative estimate of drug-likeness (QED) is 0.0204. The highest BCUT2D eigenvalue weighted by Crippen LogP contribution is 2.37. The Morgan fingerprint density at radius 2 is 1.58 bits per heavy atom. The lowest BCUT2D eigenvalue weighted by Crippen LogP contribution is -2.37. The number of hydrazone groups is 1. The molecule has 0 spiro atoms. The van der Waals surface area contributed by atoms with E-state index in [9.17, 15) is 14.4 Å². The van der Waals surface area contributed by atoms with Gasteiger partial charge in [0, 0.05) is 61.7 Å². The summed E-state index contributed by atoms with van der Waals surface area (Å²) in [5.74, 6) is 4.88. The second kappa shape index (κ2) is 29.1. The average molecular weight is 908 g/mol. The van der Waals surface area contributed by atoms with Crippen molar-refractivity contribution in [2.75, 3.05) is 64.8 Å². The third-order valence-corrected chi connectivity index (χ3v) is 13.9. The normalized spacial score (nSPS) is 18.0. The summed E-state index contributed by atoms with van der Waals surface area (Å²) in [4.78, 5) is 36.5. The number of unbranched alkanes of at least 4 members (excludes halogenated alkanes) is 2. The van der Waals surface area contributed by atoms with Gasteiger partial charge >= 0.3 is 6.03 Å². The molecule has 2 aromatic carbocycles. The van der Waals surface area contributed by atoms with Crippen molar-refractivity contribution in [2.45, 2.75) is 128 Å². The number of nitrogens with zero attached hydrogens (tertiary/aromatic N) is 1. The molecule has 2 aromatic rings. The van der Waals surface area contributed by atoms with Crippen LogP contribution in [0.4, 0.5) is 10.5 Å². The minimum absolute atomic E-state index is 0.0749. The minimum Gasteiger partial charge on any atom is -0.493 e. The number of rotatable bonds is 29. The van der Waals surface area contributed by atoms with Crippen LogP contribution in [-0.2, 0) is 27.1 Å². The van der Waals surface area contributed by atoms with Crippen LogP contribution in [0.2, 0.25) is 0 Å². The first-order chi connectivity index (χ1) is 31.1. The zero-order valence-electron chi connectivity index (χ0n) is 39.4. The topological polar surface area (TPSA) is 173 Å². The van der Waals surface area contributed by atoms with E-state index in [2.05, 4.69) is 71.5 Å². The number of anilines is 1. The van der Waals surface area contributed by atoms with Gasteiger partial charge in [-0.2, -0.15) is 16.9 Å². The number of carbonyl (C=O) groups is 3. The van der Waals surface area contributed by atoms with Crippen molar-refractivity contribution in [3.63, 3.8) is 0 Å². The van der Waals surface area contributed by atoms with E-state index >= 15 is 0 Å². The molecule has 0 bridgehead atoms. The molecule has 15 heteroatoms. The molecule has 5 atom stereocenters. The molecule has 5 rings (SSSR count). The van der Waals surface area contributed by atoms with Crippen molar-refractivity contribution in [3.05, 3.63) is 64.5 Å². The summed E-state index contributed by atoms with van der Waals surface area (Å²) in [6.45, 7) is 16.1. The largest absolute Gasteiger partial charge is 0.493 e. The van der Waals surface area contributed by atoms with Gasteiger partial charge in [-0.05, 0) is 104 Å². The van der Waals surface area contributed by atoms with Crippen molar-refractivity contribution in [3.8, 4) is 11.5 Å². The molecule has 1 aliphatic carbocycles. The molecule has 0 aromatic heterocycles. The molecule has 3 aliphatic rings. The van der Waals surface area contributed by atoms with Crippen LogP contribution in [0.5, 0.6) is 11.5 Å². The lowest BCUT2D eigenvalue weighted by atomic mass is 9.86. The van der Waals surface area contributed by atoms with Crippen LogP contribution in [0.15, 0.2) is 52.9 Å². The predicted octanol–water partition coefficient (Wildman–Crippen LogP) is 7.97. The summed E-state index contributed by atoms with van der Waals surface area (Å²) in [6.07, 6.45) is 13.0. The first-order valence-corrected chi connectivity index (χ1v) is 24.6. The Balaban J connectivity index is 0.000000720. The molecular weight excluding hydrogens is 831 g/mol. The van der Waals surface area contributed by atoms with Crippen LogP contribution in [0, 0.1) is 11.8 Å². The highest BCUT2D eigenvalue weighted by molar-refractivity contribution is 8.00. The highest BCUT2D eigenvalue weighted by Gasteiger charge is 2.42. The Bertz CT molecular complexity index is 1760. The SMILES string of the molecule is C=NNC(Nc1cccc(C(=O)NCCCOCCOCCCCNC(=O)CCCC2SCC3NC(=O)NC32)c1)=C1Cc2cc(OC)c(OC)cc2C1.CCCCC(CC)C(C)CC. The molecule has 4 amide bonds. The summed E-state index contributed by atoms with van der Waals surface area (Å²) in [6, 6.07) is 11.7. The standard InChI is InChI=1S/C38H53N7O7S.C11H24/c1-39-45-36(28-19-26-22-31(49-2)32(50-3)23-27(26)20-28)42-29-10-6-9-25(21-29)37(47)41-14-8-16-52-18-17-51-15-5-4-13-40-34(46)12-7-11-33-35-30(24-53-33)43-38(48)44-35;1-5-8-9-11(7-3)10(4)6-2/h6,9-10,21-23,30,33,35,42,45H,1,4-5,7-8,11-20,24H2,2-3H3,(H,40,46)(H,41,47)(H2,43,44,48);10-11H,5-9H2,1-4H3. The first-order valence-electron chi connectivity index (χ1n) is 23.6. The van der Waals surface area contributed by atoms with E-state index in [1.807, 2.05) is 36.0 Å². The number of benzene rings is 2. The van der Waals surface area contributed by atoms with Crippen LogP contribution < -0.4 is 41.5 Å². The first kappa shape index (κ1) is 52.2. The third-order valence-electron chi connectivity index (χ3n) is 12.3. The number of allylic oxidation sites excluding steroid dienone is 1. The molecule has 2 aliphatic heterocycles. The van der Waals surface area contributed by atoms with Gasteiger partial charge in [-0.1, -0.05) is 65.9 Å². The summed E-state index contributed by atoms with van der Waals surface area (Å²) in [7, 11) is 3.26. The maximum atomic E-state index is 12.9. The molecule has 356 valence electrons. The Kier molecular flexibility index (Phi) is 23.8. The van der Waals surface area contributed by atoms with Gasteiger partial charge in [0.05, 0.1) is 39.5 Å². The van der Waals surface area contributed by atoms with Crippen LogP contribution in [-0.4, -0.2) is 101 Å². The highest BCUT2D eigenvalue weighted by atomic mass is 32.2. The van der Waals surface area contributed by atoms with E-state index in [0.717, 1.165) is 71.5 Å². The molecule has 64 heavy (non-hydrogen) atoms. The molecule has 2 fully saturated rings. The van der Waals surface area contributed by atoms with E-state index in [1.54, 1.807) is 26.4 Å². The second-order valence-corrected chi connectivity index (χ2v) is 18.2. The molecule has 6 N–H and O–H groups in total. The zero-order chi connectivity index (χ0) is 46.1. The molecule has 2 saturated heterocycles. The van der Waals surface area contributed by atoms with Crippen molar-refractivity contribution < 1.29 is 33.3 Å². The lowest BCUT2D eigenvalue weighted by Gasteiger charge is -2.20. The number of carbonyl (C=O) groups excluding carboxylic acids is 3. The fourth-order valence-corrected chi connectivity index (χ4v) is 9.93. The number of thioether (sulfide) groups is 1. The summed E-state index contributed by atoms with van der Waals surface area (Å²) in [5.41, 5.74) is 7.69. The zero-order valence-corrected chi connectivity index (χ0v) is 40.2. The number of ether oxygens (including phenoxy) is 4. The van der Waals surface area contributed by atoms with Crippen LogP contribution in [0.3, 0.4) is 0 Å². The summed E-state index contributed by atoms with van der Waals surface area (Å²) < 4.78 is 22.3. The molecule has 14 nitrogen and oxygen atoms in total. The Hall–Kier alpha value is -4.47. The number of methoxy groups -OCH3 is 2. The molecular formula is C49H77N7O7S. The summed E-state index contributed by atoms with van der Waals surface area (Å²) >= 11 is 1.87. The van der Waals surface area contributed by atoms with Gasteiger partial charge in [-0.15, -0.1) is 0 Å². The fourth-order valence-electron chi connectivity index (χ4n) is 8.39. The van der Waals surface area contributed by atoms with Gasteiger partial charge in [0.1, 0.15) is 5.82 Å². The Labute approximate surface area is 387 Å². The van der Waals surface area contributed by atoms with Gasteiger partial charge in [-0.3, -0.25) is 15.0 Å². The lowest BCUT2D eigenvalue weighted by molar-refractivity contribution is -0.121. The monoisotopic (exact) mass is 908 g/mol. The molecule has 0 radical (unpaired) electrons. The maximum absolute atomic E-state index is 12.9. The molecule has 2 heterocycles. The number of amides is 4. The van der Waals surface area contributed by atoms with E-state index in [1.165, 1.54) is 32.1 Å². The van der Waals surface area contributed by atoms with Gasteiger partial charge < -0.3 is 45.5 Å². The van der Waals surface area contributed by atoms with Gasteiger partial charge in [-0.25, -0.2) is 4.79 Å². The van der Waals surface area contributed by atoms with Gasteiger partial charge in [0.15, 0.2) is 11.5 Å². The fraction of sp³-hybridized carbons (Fsp3) is 0.633. The third kappa shape index (κ3) is 17.2. The maximum Gasteiger partial charge on any atom is 0.315 e. The van der Waals surface area contributed by atoms with Crippen molar-refractivity contribution in [1.82, 2.24) is 26.7 Å². The van der Waals surface area contributed by atoms with Crippen molar-refractivity contribution >= 4 is 42.0 Å². The van der Waals surface area contributed by atoms with Crippen molar-refractivity contribution in [1.29, 1.82) is 0 Å². The number of urea groups is 1. The minimum atomic E-state index is -0.163. The van der Waals surface area contributed by atoms with E-state index < -0.39 is 0 Å². The van der Waals surface area contributed by atoms with Crippen LogP contribution in [0.25, 0.3) is 0 Å². The number of hydrogen-bond acceptors (Lipinski definition) is 11. The smallest absolute Gasteiger partial charge is 0.315 e. The Morgan fingerprint density at radius 1 is 0.875 bits per heavy atom. The number of fused-ring (bicyclic) bond motifs is 2.